The summed E-state index contributed by atoms with van der Waals surface area (Å²) in [6.07, 6.45) is 7.40. The van der Waals surface area contributed by atoms with Gasteiger partial charge in [-0.05, 0) is 36.9 Å². The average Bonchev–Trinajstić information content (AvgIpc) is 2.30. The maximum atomic E-state index is 4.17. The van der Waals surface area contributed by atoms with Gasteiger partial charge < -0.3 is 5.32 Å². The van der Waals surface area contributed by atoms with Crippen LogP contribution >= 0.6 is 0 Å². The van der Waals surface area contributed by atoms with E-state index in [4.69, 9.17) is 0 Å². The SMILES string of the molecule is CCNC(Cc1cccnc1)CC(C)CC. The molecule has 1 N–H and O–H groups in total. The Hall–Kier alpha value is -0.890. The van der Waals surface area contributed by atoms with Gasteiger partial charge in [0.25, 0.3) is 0 Å². The van der Waals surface area contributed by atoms with E-state index in [2.05, 4.69) is 37.1 Å². The van der Waals surface area contributed by atoms with Crippen molar-refractivity contribution in [3.05, 3.63) is 30.1 Å². The molecule has 0 amide bonds. The van der Waals surface area contributed by atoms with E-state index in [0.29, 0.717) is 6.04 Å². The van der Waals surface area contributed by atoms with Crippen LogP contribution in [0.15, 0.2) is 24.5 Å². The average molecular weight is 220 g/mol. The minimum atomic E-state index is 0.587. The molecule has 2 atom stereocenters. The molecular weight excluding hydrogens is 196 g/mol. The smallest absolute Gasteiger partial charge is 0.0300 e. The van der Waals surface area contributed by atoms with Crippen molar-refractivity contribution >= 4 is 0 Å². The van der Waals surface area contributed by atoms with Crippen LogP contribution in [0.25, 0.3) is 0 Å². The topological polar surface area (TPSA) is 24.9 Å². The van der Waals surface area contributed by atoms with Crippen LogP contribution in [-0.4, -0.2) is 17.6 Å². The first-order valence-electron chi connectivity index (χ1n) is 6.38. The summed E-state index contributed by atoms with van der Waals surface area (Å²) in [6.45, 7) is 7.81. The molecule has 1 heterocycles. The number of rotatable bonds is 7. The van der Waals surface area contributed by atoms with Crippen LogP contribution in [0.4, 0.5) is 0 Å². The van der Waals surface area contributed by atoms with Gasteiger partial charge in [-0.1, -0.05) is 33.3 Å². The zero-order chi connectivity index (χ0) is 11.8. The van der Waals surface area contributed by atoms with E-state index in [1.54, 1.807) is 0 Å². The third-order valence-corrected chi connectivity index (χ3v) is 3.08. The number of hydrogen-bond acceptors (Lipinski definition) is 2. The van der Waals surface area contributed by atoms with E-state index in [0.717, 1.165) is 18.9 Å². The summed E-state index contributed by atoms with van der Waals surface area (Å²) in [6, 6.07) is 4.76. The van der Waals surface area contributed by atoms with Crippen LogP contribution in [0.1, 0.15) is 39.2 Å². The van der Waals surface area contributed by atoms with Crippen molar-refractivity contribution in [3.8, 4) is 0 Å². The number of aromatic nitrogens is 1. The summed E-state index contributed by atoms with van der Waals surface area (Å²) < 4.78 is 0. The fraction of sp³-hybridized carbons (Fsp3) is 0.643. The molecule has 1 rings (SSSR count). The minimum Gasteiger partial charge on any atom is -0.314 e. The number of likely N-dealkylation sites (N-methyl/N-ethyl adjacent to an activating group) is 1. The highest BCUT2D eigenvalue weighted by atomic mass is 14.9. The number of pyridine rings is 1. The predicted molar refractivity (Wildman–Crippen MR) is 69.5 cm³/mol. The van der Waals surface area contributed by atoms with Crippen LogP contribution in [0, 0.1) is 5.92 Å². The predicted octanol–water partition coefficient (Wildman–Crippen LogP) is 3.04. The monoisotopic (exact) mass is 220 g/mol. The third-order valence-electron chi connectivity index (χ3n) is 3.08. The fourth-order valence-corrected chi connectivity index (χ4v) is 1.98. The molecule has 16 heavy (non-hydrogen) atoms. The second kappa shape index (κ2) is 7.39. The highest BCUT2D eigenvalue weighted by Crippen LogP contribution is 2.13. The number of nitrogens with zero attached hydrogens (tertiary/aromatic N) is 1. The highest BCUT2D eigenvalue weighted by Gasteiger charge is 2.11. The second-order valence-electron chi connectivity index (χ2n) is 4.57. The standard InChI is InChI=1S/C14H24N2/c1-4-12(3)9-14(16-5-2)10-13-7-6-8-15-11-13/h6-8,11-12,14,16H,4-5,9-10H2,1-3H3. The zero-order valence-electron chi connectivity index (χ0n) is 10.7. The van der Waals surface area contributed by atoms with Gasteiger partial charge in [-0.2, -0.15) is 0 Å². The molecule has 0 bridgehead atoms. The lowest BCUT2D eigenvalue weighted by Crippen LogP contribution is -2.32. The van der Waals surface area contributed by atoms with Crippen LogP contribution in [0.3, 0.4) is 0 Å². The van der Waals surface area contributed by atoms with Crippen LogP contribution in [0.2, 0.25) is 0 Å². The fourth-order valence-electron chi connectivity index (χ4n) is 1.98. The maximum Gasteiger partial charge on any atom is 0.0300 e. The van der Waals surface area contributed by atoms with E-state index in [1.165, 1.54) is 18.4 Å². The van der Waals surface area contributed by atoms with Crippen LogP contribution in [-0.2, 0) is 6.42 Å². The molecule has 2 nitrogen and oxygen atoms in total. The summed E-state index contributed by atoms with van der Waals surface area (Å²) in [7, 11) is 0. The lowest BCUT2D eigenvalue weighted by molar-refractivity contribution is 0.397. The molecule has 0 aromatic carbocycles. The molecule has 0 radical (unpaired) electrons. The Balaban J connectivity index is 2.50. The van der Waals surface area contributed by atoms with Crippen molar-refractivity contribution in [1.29, 1.82) is 0 Å². The first kappa shape index (κ1) is 13.2. The summed E-state index contributed by atoms with van der Waals surface area (Å²) >= 11 is 0. The third kappa shape index (κ3) is 4.75. The Bertz CT molecular complexity index is 271. The first-order chi connectivity index (χ1) is 7.76. The summed E-state index contributed by atoms with van der Waals surface area (Å²) in [5.74, 6) is 0.792. The van der Waals surface area contributed by atoms with E-state index in [-0.39, 0.29) is 0 Å². The van der Waals surface area contributed by atoms with Gasteiger partial charge in [0.1, 0.15) is 0 Å². The maximum absolute atomic E-state index is 4.17. The molecule has 1 aromatic rings. The van der Waals surface area contributed by atoms with Crippen molar-refractivity contribution in [3.63, 3.8) is 0 Å². The largest absolute Gasteiger partial charge is 0.314 e. The second-order valence-corrected chi connectivity index (χ2v) is 4.57. The van der Waals surface area contributed by atoms with Gasteiger partial charge in [-0.25, -0.2) is 0 Å². The molecular formula is C14H24N2. The number of hydrogen-bond donors (Lipinski definition) is 1. The summed E-state index contributed by atoms with van der Waals surface area (Å²) in [5, 5.41) is 3.57. The first-order valence-corrected chi connectivity index (χ1v) is 6.38. The quantitative estimate of drug-likeness (QED) is 0.764. The van der Waals surface area contributed by atoms with E-state index in [1.807, 2.05) is 18.5 Å². The molecule has 1 aromatic heterocycles. The van der Waals surface area contributed by atoms with Gasteiger partial charge in [0.2, 0.25) is 0 Å². The molecule has 0 fully saturated rings. The lowest BCUT2D eigenvalue weighted by Gasteiger charge is -2.21. The van der Waals surface area contributed by atoms with E-state index < -0.39 is 0 Å². The van der Waals surface area contributed by atoms with Gasteiger partial charge in [-0.3, -0.25) is 4.98 Å². The van der Waals surface area contributed by atoms with Crippen LogP contribution in [0.5, 0.6) is 0 Å². The van der Waals surface area contributed by atoms with Crippen LogP contribution < -0.4 is 5.32 Å². The summed E-state index contributed by atoms with van der Waals surface area (Å²) in [4.78, 5) is 4.17. The van der Waals surface area contributed by atoms with Gasteiger partial charge in [0, 0.05) is 18.4 Å². The minimum absolute atomic E-state index is 0.587. The van der Waals surface area contributed by atoms with Gasteiger partial charge >= 0.3 is 0 Å². The molecule has 0 aliphatic rings. The van der Waals surface area contributed by atoms with Crippen molar-refractivity contribution in [2.24, 2.45) is 5.92 Å². The molecule has 0 saturated carbocycles. The van der Waals surface area contributed by atoms with Crippen molar-refractivity contribution in [1.82, 2.24) is 10.3 Å². The van der Waals surface area contributed by atoms with E-state index >= 15 is 0 Å². The molecule has 0 aliphatic carbocycles. The van der Waals surface area contributed by atoms with Gasteiger partial charge in [0.05, 0.1) is 0 Å². The van der Waals surface area contributed by atoms with Gasteiger partial charge in [0.15, 0.2) is 0 Å². The number of nitrogens with one attached hydrogen (secondary N) is 1. The molecule has 90 valence electrons. The molecule has 0 saturated heterocycles. The van der Waals surface area contributed by atoms with Crippen molar-refractivity contribution in [2.45, 2.75) is 46.1 Å². The Labute approximate surface area is 99.5 Å². The normalized spacial score (nSPS) is 14.7. The summed E-state index contributed by atoms with van der Waals surface area (Å²) in [5.41, 5.74) is 1.33. The molecule has 0 aliphatic heterocycles. The van der Waals surface area contributed by atoms with Gasteiger partial charge in [-0.15, -0.1) is 0 Å². The lowest BCUT2D eigenvalue weighted by atomic mass is 9.95. The van der Waals surface area contributed by atoms with Crippen molar-refractivity contribution in [2.75, 3.05) is 6.54 Å². The Morgan fingerprint density at radius 1 is 1.38 bits per heavy atom. The molecule has 2 heteroatoms. The Morgan fingerprint density at radius 2 is 2.19 bits per heavy atom. The van der Waals surface area contributed by atoms with Crippen molar-refractivity contribution < 1.29 is 0 Å². The highest BCUT2D eigenvalue weighted by molar-refractivity contribution is 5.10. The van der Waals surface area contributed by atoms with E-state index in [9.17, 15) is 0 Å². The Morgan fingerprint density at radius 3 is 2.75 bits per heavy atom. The Kier molecular flexibility index (Phi) is 6.09. The molecule has 0 spiro atoms. The molecule has 2 unspecified atom stereocenters. The zero-order valence-corrected chi connectivity index (χ0v) is 10.7.